The largest absolute Gasteiger partial charge is 0.353 e. The third-order valence-corrected chi connectivity index (χ3v) is 6.46. The molecule has 1 aliphatic rings. The molecule has 1 aliphatic heterocycles. The summed E-state index contributed by atoms with van der Waals surface area (Å²) in [5, 5.41) is 0. The molecule has 170 valence electrons. The first-order chi connectivity index (χ1) is 16.8. The van der Waals surface area contributed by atoms with Crippen LogP contribution in [0, 0.1) is 0 Å². The number of amides is 1. The number of rotatable bonds is 6. The van der Waals surface area contributed by atoms with Crippen LogP contribution in [0.5, 0.6) is 0 Å². The minimum absolute atomic E-state index is 0.0585. The lowest BCUT2D eigenvalue weighted by molar-refractivity contribution is -0.131. The van der Waals surface area contributed by atoms with Gasteiger partial charge in [-0.1, -0.05) is 91.0 Å². The molecule has 0 spiro atoms. The molecular formula is C29H28N4O. The Morgan fingerprint density at radius 2 is 1.29 bits per heavy atom. The van der Waals surface area contributed by atoms with Gasteiger partial charge in [0.25, 0.3) is 0 Å². The van der Waals surface area contributed by atoms with Gasteiger partial charge in [-0.15, -0.1) is 0 Å². The fraction of sp³-hybridized carbons (Fsp3) is 0.207. The molecule has 5 rings (SSSR count). The minimum atomic E-state index is 0.0585. The van der Waals surface area contributed by atoms with Crippen LogP contribution >= 0.6 is 0 Å². The van der Waals surface area contributed by atoms with Gasteiger partial charge in [0.2, 0.25) is 5.91 Å². The van der Waals surface area contributed by atoms with Crippen molar-refractivity contribution in [2.45, 2.75) is 12.3 Å². The highest BCUT2D eigenvalue weighted by atomic mass is 16.2. The topological polar surface area (TPSA) is 49.3 Å². The Hall–Kier alpha value is -3.99. The predicted molar refractivity (Wildman–Crippen MR) is 136 cm³/mol. The molecule has 0 aliphatic carbocycles. The second-order valence-corrected chi connectivity index (χ2v) is 8.57. The van der Waals surface area contributed by atoms with Gasteiger partial charge in [0.15, 0.2) is 0 Å². The average Bonchev–Trinajstić information content (AvgIpc) is 2.93. The molecule has 0 radical (unpaired) electrons. The van der Waals surface area contributed by atoms with Gasteiger partial charge in [0.1, 0.15) is 12.1 Å². The first-order valence-corrected chi connectivity index (χ1v) is 11.8. The van der Waals surface area contributed by atoms with Gasteiger partial charge in [0, 0.05) is 50.1 Å². The lowest BCUT2D eigenvalue weighted by Crippen LogP contribution is -2.49. The molecule has 0 saturated carbocycles. The summed E-state index contributed by atoms with van der Waals surface area (Å²) >= 11 is 0. The van der Waals surface area contributed by atoms with E-state index in [1.165, 1.54) is 11.1 Å². The second kappa shape index (κ2) is 10.3. The number of hydrogen-bond acceptors (Lipinski definition) is 4. The van der Waals surface area contributed by atoms with E-state index in [-0.39, 0.29) is 11.8 Å². The maximum Gasteiger partial charge on any atom is 0.223 e. The molecule has 0 N–H and O–H groups in total. The predicted octanol–water partition coefficient (Wildman–Crippen LogP) is 5.01. The molecular weight excluding hydrogens is 420 g/mol. The van der Waals surface area contributed by atoms with Crippen molar-refractivity contribution in [3.05, 3.63) is 115 Å². The summed E-state index contributed by atoms with van der Waals surface area (Å²) < 4.78 is 0. The van der Waals surface area contributed by atoms with E-state index in [0.29, 0.717) is 19.5 Å². The van der Waals surface area contributed by atoms with Crippen LogP contribution in [0.3, 0.4) is 0 Å². The van der Waals surface area contributed by atoms with Gasteiger partial charge < -0.3 is 9.80 Å². The summed E-state index contributed by atoms with van der Waals surface area (Å²) in [6.45, 7) is 2.91. The highest BCUT2D eigenvalue weighted by Gasteiger charge is 2.26. The number of nitrogens with zero attached hydrogens (tertiary/aromatic N) is 4. The Bertz CT molecular complexity index is 1170. The van der Waals surface area contributed by atoms with Crippen LogP contribution in [0.2, 0.25) is 0 Å². The zero-order chi connectivity index (χ0) is 23.2. The van der Waals surface area contributed by atoms with Crippen molar-refractivity contribution in [2.24, 2.45) is 0 Å². The number of anilines is 1. The second-order valence-electron chi connectivity index (χ2n) is 8.57. The standard InChI is InChI=1S/C29H28N4O/c34-29(20-26(23-10-4-1-5-11-23)24-12-6-2-7-13-24)33-18-16-32(17-19-33)28-21-27(30-22-31-28)25-14-8-3-9-15-25/h1-15,21-22,26H,16-20H2. The zero-order valence-corrected chi connectivity index (χ0v) is 19.1. The van der Waals surface area contributed by atoms with E-state index in [1.807, 2.05) is 65.6 Å². The maximum absolute atomic E-state index is 13.3. The number of hydrogen-bond donors (Lipinski definition) is 0. The summed E-state index contributed by atoms with van der Waals surface area (Å²) in [5.41, 5.74) is 4.34. The van der Waals surface area contributed by atoms with E-state index in [1.54, 1.807) is 6.33 Å². The Morgan fingerprint density at radius 3 is 1.88 bits per heavy atom. The molecule has 1 fully saturated rings. The van der Waals surface area contributed by atoms with E-state index < -0.39 is 0 Å². The monoisotopic (exact) mass is 448 g/mol. The summed E-state index contributed by atoms with van der Waals surface area (Å²) in [5.74, 6) is 1.17. The molecule has 0 bridgehead atoms. The number of aromatic nitrogens is 2. The van der Waals surface area contributed by atoms with E-state index in [4.69, 9.17) is 0 Å². The number of benzene rings is 3. The Balaban J connectivity index is 1.25. The van der Waals surface area contributed by atoms with Gasteiger partial charge in [-0.25, -0.2) is 9.97 Å². The molecule has 34 heavy (non-hydrogen) atoms. The quantitative estimate of drug-likeness (QED) is 0.416. The van der Waals surface area contributed by atoms with Crippen molar-refractivity contribution in [1.82, 2.24) is 14.9 Å². The summed E-state index contributed by atoms with van der Waals surface area (Å²) in [6, 6.07) is 32.8. The van der Waals surface area contributed by atoms with Crippen LogP contribution in [-0.2, 0) is 4.79 Å². The Labute approximate surface area is 200 Å². The molecule has 1 saturated heterocycles. The third kappa shape index (κ3) is 4.99. The van der Waals surface area contributed by atoms with Crippen LogP contribution in [-0.4, -0.2) is 47.0 Å². The zero-order valence-electron chi connectivity index (χ0n) is 19.1. The molecule has 0 atom stereocenters. The number of carbonyl (C=O) groups excluding carboxylic acids is 1. The highest BCUT2D eigenvalue weighted by Crippen LogP contribution is 2.29. The van der Waals surface area contributed by atoms with E-state index >= 15 is 0 Å². The molecule has 2 heterocycles. The van der Waals surface area contributed by atoms with E-state index in [2.05, 4.69) is 51.3 Å². The van der Waals surface area contributed by atoms with Crippen molar-refractivity contribution in [3.63, 3.8) is 0 Å². The first-order valence-electron chi connectivity index (χ1n) is 11.8. The lowest BCUT2D eigenvalue weighted by atomic mass is 9.88. The Kier molecular flexibility index (Phi) is 6.61. The lowest BCUT2D eigenvalue weighted by Gasteiger charge is -2.36. The minimum Gasteiger partial charge on any atom is -0.353 e. The number of piperazine rings is 1. The van der Waals surface area contributed by atoms with Gasteiger partial charge in [0.05, 0.1) is 5.69 Å². The van der Waals surface area contributed by atoms with Crippen molar-refractivity contribution in [3.8, 4) is 11.3 Å². The van der Waals surface area contributed by atoms with Crippen molar-refractivity contribution < 1.29 is 4.79 Å². The van der Waals surface area contributed by atoms with Crippen LogP contribution < -0.4 is 4.90 Å². The smallest absolute Gasteiger partial charge is 0.223 e. The third-order valence-electron chi connectivity index (χ3n) is 6.46. The first kappa shape index (κ1) is 21.8. The molecule has 5 nitrogen and oxygen atoms in total. The highest BCUT2D eigenvalue weighted by molar-refractivity contribution is 5.78. The average molecular weight is 449 g/mol. The molecule has 1 amide bonds. The van der Waals surface area contributed by atoms with Crippen molar-refractivity contribution >= 4 is 11.7 Å². The van der Waals surface area contributed by atoms with Crippen LogP contribution in [0.25, 0.3) is 11.3 Å². The van der Waals surface area contributed by atoms with Crippen LogP contribution in [0.4, 0.5) is 5.82 Å². The van der Waals surface area contributed by atoms with Crippen LogP contribution in [0.15, 0.2) is 103 Å². The molecule has 5 heteroatoms. The summed E-state index contributed by atoms with van der Waals surface area (Å²) in [6.07, 6.45) is 2.10. The normalized spacial score (nSPS) is 13.8. The fourth-order valence-corrected chi connectivity index (χ4v) is 4.57. The maximum atomic E-state index is 13.3. The molecule has 4 aromatic rings. The molecule has 3 aromatic carbocycles. The van der Waals surface area contributed by atoms with E-state index in [9.17, 15) is 4.79 Å². The molecule has 1 aromatic heterocycles. The summed E-state index contributed by atoms with van der Waals surface area (Å²) in [4.78, 5) is 26.5. The Morgan fingerprint density at radius 1 is 0.735 bits per heavy atom. The fourth-order valence-electron chi connectivity index (χ4n) is 4.57. The van der Waals surface area contributed by atoms with Gasteiger partial charge >= 0.3 is 0 Å². The van der Waals surface area contributed by atoms with Crippen LogP contribution in [0.1, 0.15) is 23.5 Å². The summed E-state index contributed by atoms with van der Waals surface area (Å²) in [7, 11) is 0. The van der Waals surface area contributed by atoms with E-state index in [0.717, 1.165) is 30.2 Å². The van der Waals surface area contributed by atoms with Gasteiger partial charge in [-0.3, -0.25) is 4.79 Å². The van der Waals surface area contributed by atoms with Gasteiger partial charge in [-0.05, 0) is 11.1 Å². The SMILES string of the molecule is O=C(CC(c1ccccc1)c1ccccc1)N1CCN(c2cc(-c3ccccc3)ncn2)CC1. The van der Waals surface area contributed by atoms with Crippen molar-refractivity contribution in [1.29, 1.82) is 0 Å². The molecule has 0 unspecified atom stereocenters. The van der Waals surface area contributed by atoms with Crippen molar-refractivity contribution in [2.75, 3.05) is 31.1 Å². The number of carbonyl (C=O) groups is 1. The van der Waals surface area contributed by atoms with Gasteiger partial charge in [-0.2, -0.15) is 0 Å².